The van der Waals surface area contributed by atoms with Crippen molar-refractivity contribution in [2.24, 2.45) is 10.9 Å². The Morgan fingerprint density at radius 3 is 2.50 bits per heavy atom. The molecule has 22 heavy (non-hydrogen) atoms. The molecule has 0 radical (unpaired) electrons. The smallest absolute Gasteiger partial charge is 0.191 e. The fraction of sp³-hybridized carbons (Fsp3) is 0.611. The zero-order valence-corrected chi connectivity index (χ0v) is 13.8. The van der Waals surface area contributed by atoms with E-state index in [2.05, 4.69) is 46.0 Å². The monoisotopic (exact) mass is 303 g/mol. The second-order valence-electron chi connectivity index (χ2n) is 6.00. The van der Waals surface area contributed by atoms with Crippen LogP contribution in [0.25, 0.3) is 0 Å². The quantitative estimate of drug-likeness (QED) is 0.482. The molecule has 2 N–H and O–H groups in total. The minimum Gasteiger partial charge on any atom is -0.383 e. The first-order valence-electron chi connectivity index (χ1n) is 8.32. The average Bonchev–Trinajstić information content (AvgIpc) is 2.59. The van der Waals surface area contributed by atoms with E-state index in [1.54, 1.807) is 7.11 Å². The summed E-state index contributed by atoms with van der Waals surface area (Å²) < 4.78 is 5.04. The average molecular weight is 303 g/mol. The van der Waals surface area contributed by atoms with Crippen LogP contribution < -0.4 is 10.6 Å². The fourth-order valence-corrected chi connectivity index (χ4v) is 3.16. The summed E-state index contributed by atoms with van der Waals surface area (Å²) in [7, 11) is 3.53. The van der Waals surface area contributed by atoms with E-state index in [0.717, 1.165) is 30.9 Å². The van der Waals surface area contributed by atoms with E-state index in [0.29, 0.717) is 6.61 Å². The van der Waals surface area contributed by atoms with Gasteiger partial charge in [-0.2, -0.15) is 0 Å². The van der Waals surface area contributed by atoms with E-state index in [-0.39, 0.29) is 0 Å². The van der Waals surface area contributed by atoms with E-state index in [4.69, 9.17) is 4.74 Å². The van der Waals surface area contributed by atoms with E-state index in [1.807, 2.05) is 7.05 Å². The van der Waals surface area contributed by atoms with Gasteiger partial charge < -0.3 is 15.4 Å². The van der Waals surface area contributed by atoms with E-state index < -0.39 is 0 Å². The van der Waals surface area contributed by atoms with Crippen molar-refractivity contribution in [2.45, 2.75) is 31.6 Å². The van der Waals surface area contributed by atoms with Crippen LogP contribution in [-0.2, 0) is 4.74 Å². The Labute approximate surface area is 134 Å². The third kappa shape index (κ3) is 5.34. The summed E-state index contributed by atoms with van der Waals surface area (Å²) in [6.45, 7) is 2.49. The third-order valence-electron chi connectivity index (χ3n) is 4.50. The largest absolute Gasteiger partial charge is 0.383 e. The zero-order chi connectivity index (χ0) is 15.6. The number of hydrogen-bond acceptors (Lipinski definition) is 2. The molecule has 1 aliphatic rings. The maximum absolute atomic E-state index is 5.04. The Morgan fingerprint density at radius 1 is 1.14 bits per heavy atom. The van der Waals surface area contributed by atoms with Crippen LogP contribution in [0.1, 0.15) is 37.2 Å². The molecule has 0 aliphatic heterocycles. The predicted molar refractivity (Wildman–Crippen MR) is 92.4 cm³/mol. The first-order chi connectivity index (χ1) is 10.8. The van der Waals surface area contributed by atoms with Crippen LogP contribution in [-0.4, -0.2) is 39.8 Å². The molecule has 0 amide bonds. The summed E-state index contributed by atoms with van der Waals surface area (Å²) >= 11 is 0. The molecule has 0 unspecified atom stereocenters. The molecule has 1 aliphatic carbocycles. The molecule has 4 heteroatoms. The van der Waals surface area contributed by atoms with Crippen LogP contribution in [0.5, 0.6) is 0 Å². The highest BCUT2D eigenvalue weighted by Crippen LogP contribution is 2.35. The molecule has 2 rings (SSSR count). The number of hydrogen-bond donors (Lipinski definition) is 2. The number of ether oxygens (including phenoxy) is 1. The highest BCUT2D eigenvalue weighted by molar-refractivity contribution is 5.79. The second-order valence-corrected chi connectivity index (χ2v) is 6.00. The van der Waals surface area contributed by atoms with E-state index >= 15 is 0 Å². The summed E-state index contributed by atoms with van der Waals surface area (Å²) in [5.74, 6) is 2.37. The number of nitrogens with zero attached hydrogens (tertiary/aromatic N) is 1. The lowest BCUT2D eigenvalue weighted by molar-refractivity contribution is 0.203. The van der Waals surface area contributed by atoms with E-state index in [9.17, 15) is 0 Å². The topological polar surface area (TPSA) is 45.7 Å². The summed E-state index contributed by atoms with van der Waals surface area (Å²) in [6, 6.07) is 10.9. The predicted octanol–water partition coefficient (Wildman–Crippen LogP) is 2.77. The maximum atomic E-state index is 5.04. The Balaban J connectivity index is 1.69. The van der Waals surface area contributed by atoms with Gasteiger partial charge in [0, 0.05) is 27.2 Å². The molecule has 0 aromatic heterocycles. The summed E-state index contributed by atoms with van der Waals surface area (Å²) in [5, 5.41) is 6.69. The molecule has 0 bridgehead atoms. The van der Waals surface area contributed by atoms with Crippen molar-refractivity contribution >= 4 is 5.96 Å². The molecule has 1 saturated carbocycles. The summed E-state index contributed by atoms with van der Waals surface area (Å²) in [6.07, 6.45) is 5.18. The Hall–Kier alpha value is -1.55. The van der Waals surface area contributed by atoms with E-state index in [1.165, 1.54) is 31.2 Å². The number of nitrogens with one attached hydrogen (secondary N) is 2. The van der Waals surface area contributed by atoms with Gasteiger partial charge in [-0.3, -0.25) is 4.99 Å². The fourth-order valence-electron chi connectivity index (χ4n) is 3.16. The number of benzene rings is 1. The van der Waals surface area contributed by atoms with Gasteiger partial charge in [0.25, 0.3) is 0 Å². The SMILES string of the molecule is CN=C(NCCOC)NCC1CCC(c2ccccc2)CC1. The van der Waals surface area contributed by atoms with Crippen LogP contribution in [0.4, 0.5) is 0 Å². The van der Waals surface area contributed by atoms with Crippen LogP contribution >= 0.6 is 0 Å². The highest BCUT2D eigenvalue weighted by atomic mass is 16.5. The van der Waals surface area contributed by atoms with Crippen LogP contribution in [0, 0.1) is 5.92 Å². The number of aliphatic imine (C=N–C) groups is 1. The van der Waals surface area contributed by atoms with Crippen LogP contribution in [0.2, 0.25) is 0 Å². The van der Waals surface area contributed by atoms with Gasteiger partial charge in [-0.1, -0.05) is 30.3 Å². The molecule has 0 atom stereocenters. The van der Waals surface area contributed by atoms with Crippen molar-refractivity contribution in [3.05, 3.63) is 35.9 Å². The van der Waals surface area contributed by atoms with Gasteiger partial charge in [0.1, 0.15) is 0 Å². The first kappa shape index (κ1) is 16.8. The van der Waals surface area contributed by atoms with Gasteiger partial charge in [-0.25, -0.2) is 0 Å². The number of guanidine groups is 1. The summed E-state index contributed by atoms with van der Waals surface area (Å²) in [5.41, 5.74) is 1.51. The zero-order valence-electron chi connectivity index (χ0n) is 13.8. The van der Waals surface area contributed by atoms with Gasteiger partial charge >= 0.3 is 0 Å². The van der Waals surface area contributed by atoms with Crippen LogP contribution in [0.15, 0.2) is 35.3 Å². The van der Waals surface area contributed by atoms with Gasteiger partial charge in [-0.15, -0.1) is 0 Å². The summed E-state index contributed by atoms with van der Waals surface area (Å²) in [4.78, 5) is 4.25. The van der Waals surface area contributed by atoms with Gasteiger partial charge in [0.15, 0.2) is 5.96 Å². The second kappa shape index (κ2) is 9.46. The van der Waals surface area contributed by atoms with Crippen molar-refractivity contribution in [2.75, 3.05) is 33.9 Å². The molecule has 4 nitrogen and oxygen atoms in total. The Kier molecular flexibility index (Phi) is 7.23. The highest BCUT2D eigenvalue weighted by Gasteiger charge is 2.22. The molecule has 1 aromatic rings. The number of rotatable bonds is 6. The van der Waals surface area contributed by atoms with Crippen molar-refractivity contribution in [1.82, 2.24) is 10.6 Å². The maximum Gasteiger partial charge on any atom is 0.191 e. The van der Waals surface area contributed by atoms with Gasteiger partial charge in [0.2, 0.25) is 0 Å². The van der Waals surface area contributed by atoms with Crippen molar-refractivity contribution in [3.63, 3.8) is 0 Å². The van der Waals surface area contributed by atoms with Crippen molar-refractivity contribution < 1.29 is 4.74 Å². The molecule has 0 spiro atoms. The lowest BCUT2D eigenvalue weighted by Crippen LogP contribution is -2.41. The normalized spacial score (nSPS) is 22.4. The van der Waals surface area contributed by atoms with Gasteiger partial charge in [0.05, 0.1) is 6.61 Å². The van der Waals surface area contributed by atoms with Gasteiger partial charge in [-0.05, 0) is 43.1 Å². The minimum absolute atomic E-state index is 0.697. The molecule has 1 fully saturated rings. The van der Waals surface area contributed by atoms with Crippen molar-refractivity contribution in [3.8, 4) is 0 Å². The lowest BCUT2D eigenvalue weighted by atomic mass is 9.79. The van der Waals surface area contributed by atoms with Crippen LogP contribution in [0.3, 0.4) is 0 Å². The standard InChI is InChI=1S/C18H29N3O/c1-19-18(20-12-13-22-2)21-14-15-8-10-17(11-9-15)16-6-4-3-5-7-16/h3-7,15,17H,8-14H2,1-2H3,(H2,19,20,21). The molecule has 0 heterocycles. The van der Waals surface area contributed by atoms with Crippen molar-refractivity contribution in [1.29, 1.82) is 0 Å². The molecule has 122 valence electrons. The first-order valence-corrected chi connectivity index (χ1v) is 8.32. The Morgan fingerprint density at radius 2 is 1.86 bits per heavy atom. The Bertz CT molecular complexity index is 439. The minimum atomic E-state index is 0.697. The lowest BCUT2D eigenvalue weighted by Gasteiger charge is -2.29. The molecule has 1 aromatic carbocycles. The third-order valence-corrected chi connectivity index (χ3v) is 4.50. The molecular weight excluding hydrogens is 274 g/mol. The number of methoxy groups -OCH3 is 1. The molecular formula is C18H29N3O. The molecule has 0 saturated heterocycles.